The molecule has 0 saturated carbocycles. The number of anilines is 1. The average molecular weight is 334 g/mol. The number of hydrogen-bond donors (Lipinski definition) is 0. The minimum atomic E-state index is -0.182. The summed E-state index contributed by atoms with van der Waals surface area (Å²) in [6.45, 7) is 0. The first-order valence-corrected chi connectivity index (χ1v) is 7.86. The van der Waals surface area contributed by atoms with Crippen LogP contribution in [0.3, 0.4) is 0 Å². The molecule has 1 aliphatic heterocycles. The van der Waals surface area contributed by atoms with E-state index in [4.69, 9.17) is 0 Å². The Morgan fingerprint density at radius 3 is 2.16 bits per heavy atom. The van der Waals surface area contributed by atoms with E-state index in [2.05, 4.69) is 28.1 Å². The summed E-state index contributed by atoms with van der Waals surface area (Å²) in [6, 6.07) is 19.9. The van der Waals surface area contributed by atoms with E-state index < -0.39 is 0 Å². The van der Waals surface area contributed by atoms with Crippen LogP contribution in [0.1, 0.15) is 10.9 Å². The topological polar surface area (TPSA) is 20.3 Å². The highest BCUT2D eigenvalue weighted by atomic mass is 79.9. The third-order valence-corrected chi connectivity index (χ3v) is 5.25. The Labute approximate surface area is 124 Å². The fourth-order valence-electron chi connectivity index (χ4n) is 2.15. The van der Waals surface area contributed by atoms with Gasteiger partial charge in [0.05, 0.1) is 0 Å². The molecule has 1 heterocycles. The van der Waals surface area contributed by atoms with Gasteiger partial charge in [0.2, 0.25) is 0 Å². The molecule has 2 aromatic rings. The molecule has 1 aliphatic rings. The third-order valence-electron chi connectivity index (χ3n) is 3.03. The molecule has 4 heteroatoms. The van der Waals surface area contributed by atoms with Gasteiger partial charge in [0.15, 0.2) is 0 Å². The van der Waals surface area contributed by atoms with Gasteiger partial charge in [0, 0.05) is 5.69 Å². The maximum absolute atomic E-state index is 12.3. The molecule has 2 nitrogen and oxygen atoms in total. The number of rotatable bonds is 2. The zero-order valence-corrected chi connectivity index (χ0v) is 12.5. The van der Waals surface area contributed by atoms with E-state index in [1.165, 1.54) is 0 Å². The molecule has 96 valence electrons. The van der Waals surface area contributed by atoms with Gasteiger partial charge >= 0.3 is 0 Å². The Morgan fingerprint density at radius 2 is 1.53 bits per heavy atom. The first kappa shape index (κ1) is 12.8. The zero-order valence-electron chi connectivity index (χ0n) is 10.1. The molecule has 1 amide bonds. The van der Waals surface area contributed by atoms with E-state index in [9.17, 15) is 4.79 Å². The molecule has 2 atom stereocenters. The molecular weight excluding hydrogens is 322 g/mol. The number of alkyl halides is 1. The summed E-state index contributed by atoms with van der Waals surface area (Å²) in [6.07, 6.45) is 0. The number of thioether (sulfide) groups is 1. The average Bonchev–Trinajstić information content (AvgIpc) is 2.77. The van der Waals surface area contributed by atoms with E-state index >= 15 is 0 Å². The smallest absolute Gasteiger partial charge is 0.252 e. The fraction of sp³-hybridized carbons (Fsp3) is 0.133. The number of hydrogen-bond acceptors (Lipinski definition) is 2. The van der Waals surface area contributed by atoms with Crippen molar-refractivity contribution in [1.82, 2.24) is 0 Å². The van der Waals surface area contributed by atoms with Crippen molar-refractivity contribution in [2.45, 2.75) is 9.53 Å². The van der Waals surface area contributed by atoms with Gasteiger partial charge in [-0.15, -0.1) is 11.8 Å². The second kappa shape index (κ2) is 5.39. The second-order valence-corrected chi connectivity index (χ2v) is 6.97. The standard InChI is InChI=1S/C15H12BrNOS/c16-13-14(18)17(12-9-5-2-6-10-12)15(19-13)11-7-3-1-4-8-11/h1-10,13,15H. The van der Waals surface area contributed by atoms with Crippen LogP contribution < -0.4 is 4.90 Å². The molecular formula is C15H12BrNOS. The van der Waals surface area contributed by atoms with Gasteiger partial charge in [-0.2, -0.15) is 0 Å². The number of benzene rings is 2. The Balaban J connectivity index is 2.02. The van der Waals surface area contributed by atoms with E-state index in [0.717, 1.165) is 11.3 Å². The summed E-state index contributed by atoms with van der Waals surface area (Å²) in [5.41, 5.74) is 2.09. The summed E-state index contributed by atoms with van der Waals surface area (Å²) >= 11 is 5.07. The van der Waals surface area contributed by atoms with Crippen LogP contribution in [0.2, 0.25) is 0 Å². The molecule has 19 heavy (non-hydrogen) atoms. The quantitative estimate of drug-likeness (QED) is 0.768. The molecule has 0 radical (unpaired) electrons. The SMILES string of the molecule is O=C1C(Br)SC(c2ccccc2)N1c1ccccc1. The first-order chi connectivity index (χ1) is 9.27. The highest BCUT2D eigenvalue weighted by Gasteiger charge is 2.40. The molecule has 0 aromatic heterocycles. The van der Waals surface area contributed by atoms with Crippen molar-refractivity contribution in [2.75, 3.05) is 4.90 Å². The van der Waals surface area contributed by atoms with Crippen molar-refractivity contribution >= 4 is 39.3 Å². The van der Waals surface area contributed by atoms with Crippen LogP contribution in [0, 0.1) is 0 Å². The van der Waals surface area contributed by atoms with Gasteiger partial charge in [-0.05, 0) is 17.7 Å². The Bertz CT molecular complexity index is 575. The first-order valence-electron chi connectivity index (χ1n) is 6.00. The summed E-state index contributed by atoms with van der Waals surface area (Å²) < 4.78 is -0.182. The maximum atomic E-state index is 12.3. The Morgan fingerprint density at radius 1 is 0.947 bits per heavy atom. The number of nitrogens with zero attached hydrogens (tertiary/aromatic N) is 1. The van der Waals surface area contributed by atoms with E-state index in [0.29, 0.717) is 0 Å². The van der Waals surface area contributed by atoms with Gasteiger partial charge in [-0.25, -0.2) is 0 Å². The van der Waals surface area contributed by atoms with E-state index in [-0.39, 0.29) is 15.4 Å². The summed E-state index contributed by atoms with van der Waals surface area (Å²) in [5.74, 6) is 0.102. The van der Waals surface area contributed by atoms with Crippen LogP contribution in [0.4, 0.5) is 5.69 Å². The summed E-state index contributed by atoms with van der Waals surface area (Å²) in [5, 5.41) is 0.0282. The van der Waals surface area contributed by atoms with E-state index in [1.807, 2.05) is 53.4 Å². The minimum absolute atomic E-state index is 0.0282. The number of carbonyl (C=O) groups is 1. The van der Waals surface area contributed by atoms with Gasteiger partial charge < -0.3 is 0 Å². The van der Waals surface area contributed by atoms with Crippen LogP contribution in [0.15, 0.2) is 60.7 Å². The lowest BCUT2D eigenvalue weighted by Crippen LogP contribution is -2.29. The molecule has 0 N–H and O–H groups in total. The highest BCUT2D eigenvalue weighted by molar-refractivity contribution is 9.11. The second-order valence-electron chi connectivity index (χ2n) is 4.26. The van der Waals surface area contributed by atoms with Crippen molar-refractivity contribution in [2.24, 2.45) is 0 Å². The van der Waals surface area contributed by atoms with Crippen molar-refractivity contribution in [3.63, 3.8) is 0 Å². The van der Waals surface area contributed by atoms with Gasteiger partial charge in [-0.3, -0.25) is 9.69 Å². The predicted octanol–water partition coefficient (Wildman–Crippen LogP) is 4.19. The molecule has 0 spiro atoms. The number of amides is 1. The molecule has 2 unspecified atom stereocenters. The molecule has 3 rings (SSSR count). The predicted molar refractivity (Wildman–Crippen MR) is 83.4 cm³/mol. The minimum Gasteiger partial charge on any atom is -0.294 e. The van der Waals surface area contributed by atoms with Gasteiger partial charge in [0.1, 0.15) is 9.53 Å². The van der Waals surface area contributed by atoms with Crippen LogP contribution in [0.5, 0.6) is 0 Å². The molecule has 0 aliphatic carbocycles. The molecule has 0 bridgehead atoms. The van der Waals surface area contributed by atoms with Crippen LogP contribution in [0.25, 0.3) is 0 Å². The fourth-order valence-corrected chi connectivity index (χ4v) is 4.11. The van der Waals surface area contributed by atoms with Crippen molar-refractivity contribution in [1.29, 1.82) is 0 Å². The van der Waals surface area contributed by atoms with Gasteiger partial charge in [-0.1, -0.05) is 64.5 Å². The number of halogens is 1. The lowest BCUT2D eigenvalue weighted by atomic mass is 10.2. The van der Waals surface area contributed by atoms with Crippen LogP contribution >= 0.6 is 27.7 Å². The van der Waals surface area contributed by atoms with Crippen LogP contribution in [-0.2, 0) is 4.79 Å². The summed E-state index contributed by atoms with van der Waals surface area (Å²) in [4.78, 5) is 14.2. The van der Waals surface area contributed by atoms with Crippen molar-refractivity contribution < 1.29 is 4.79 Å². The maximum Gasteiger partial charge on any atom is 0.252 e. The van der Waals surface area contributed by atoms with Gasteiger partial charge in [0.25, 0.3) is 5.91 Å². The molecule has 1 saturated heterocycles. The van der Waals surface area contributed by atoms with Crippen molar-refractivity contribution in [3.8, 4) is 0 Å². The molecule has 2 aromatic carbocycles. The van der Waals surface area contributed by atoms with Crippen LogP contribution in [-0.4, -0.2) is 10.1 Å². The number of para-hydroxylation sites is 1. The lowest BCUT2D eigenvalue weighted by molar-refractivity contribution is -0.116. The largest absolute Gasteiger partial charge is 0.294 e. The third kappa shape index (κ3) is 2.42. The Hall–Kier alpha value is -1.26. The van der Waals surface area contributed by atoms with Crippen molar-refractivity contribution in [3.05, 3.63) is 66.2 Å². The Kier molecular flexibility index (Phi) is 3.62. The number of carbonyl (C=O) groups excluding carboxylic acids is 1. The lowest BCUT2D eigenvalue weighted by Gasteiger charge is -2.24. The normalized spacial score (nSPS) is 22.8. The van der Waals surface area contributed by atoms with E-state index in [1.54, 1.807) is 11.8 Å². The highest BCUT2D eigenvalue weighted by Crippen LogP contribution is 2.47. The zero-order chi connectivity index (χ0) is 13.2. The monoisotopic (exact) mass is 333 g/mol. The summed E-state index contributed by atoms with van der Waals surface area (Å²) in [7, 11) is 0. The molecule has 1 fully saturated rings.